The number of aromatic amines is 3. The third kappa shape index (κ3) is 18.6. The van der Waals surface area contributed by atoms with E-state index < -0.39 is 6.36 Å². The van der Waals surface area contributed by atoms with Crippen LogP contribution in [0.2, 0.25) is 0 Å². The van der Waals surface area contributed by atoms with E-state index in [-0.39, 0.29) is 29.4 Å². The van der Waals surface area contributed by atoms with Crippen LogP contribution in [0.1, 0.15) is 58.9 Å². The number of nitrogens with one attached hydrogen (secondary N) is 6. The lowest BCUT2D eigenvalue weighted by Crippen LogP contribution is -2.23. The lowest BCUT2D eigenvalue weighted by molar-refractivity contribution is -0.274. The van der Waals surface area contributed by atoms with Crippen LogP contribution < -0.4 is 31.2 Å². The summed E-state index contributed by atoms with van der Waals surface area (Å²) in [6, 6.07) is 43.9. The Kier molecular flexibility index (Phi) is 20.8. The first-order chi connectivity index (χ1) is 37.8. The predicted molar refractivity (Wildman–Crippen MR) is 291 cm³/mol. The van der Waals surface area contributed by atoms with Crippen LogP contribution in [0.25, 0.3) is 0 Å². The molecule has 19 nitrogen and oxygen atoms in total. The molecule has 398 valence electrons. The van der Waals surface area contributed by atoms with Gasteiger partial charge in [-0.1, -0.05) is 102 Å². The minimum Gasteiger partial charge on any atom is -0.496 e. The van der Waals surface area contributed by atoms with Crippen LogP contribution in [0, 0.1) is 11.3 Å². The maximum absolute atomic E-state index is 12.4. The van der Waals surface area contributed by atoms with Crippen LogP contribution in [0.5, 0.6) is 11.5 Å². The molecule has 6 aromatic carbocycles. The Morgan fingerprint density at radius 2 is 1.15 bits per heavy atom. The first-order valence-electron chi connectivity index (χ1n) is 23.2. The molecule has 3 aromatic heterocycles. The number of nitriles is 1. The first-order valence-corrected chi connectivity index (χ1v) is 26.1. The summed E-state index contributed by atoms with van der Waals surface area (Å²) in [6.45, 7) is 0.417. The number of nitrogens with zero attached hydrogens (tertiary/aromatic N) is 7. The Hall–Kier alpha value is -9.12. The molecule has 3 heterocycles. The van der Waals surface area contributed by atoms with Gasteiger partial charge in [0, 0.05) is 57.4 Å². The highest BCUT2D eigenvalue weighted by atomic mass is 32.2. The molecule has 0 aliphatic carbocycles. The van der Waals surface area contributed by atoms with E-state index in [9.17, 15) is 27.6 Å². The Bertz CT molecular complexity index is 3400. The van der Waals surface area contributed by atoms with Gasteiger partial charge < -0.3 is 31.2 Å². The van der Waals surface area contributed by atoms with Crippen LogP contribution in [0.3, 0.4) is 0 Å². The van der Waals surface area contributed by atoms with Gasteiger partial charge in [0.2, 0.25) is 11.1 Å². The number of hydrogen-bond acceptors (Lipinski definition) is 16. The molecule has 0 radical (unpaired) electrons. The number of methoxy groups -OCH3 is 1. The third-order valence-electron chi connectivity index (χ3n) is 10.4. The average Bonchev–Trinajstić information content (AvgIpc) is 4.27. The van der Waals surface area contributed by atoms with Gasteiger partial charge in [-0.3, -0.25) is 24.6 Å². The number of halogens is 3. The molecule has 25 heteroatoms. The van der Waals surface area contributed by atoms with E-state index in [0.29, 0.717) is 68.6 Å². The Morgan fingerprint density at radius 1 is 0.641 bits per heavy atom. The molecule has 9 aromatic rings. The van der Waals surface area contributed by atoms with Crippen molar-refractivity contribution in [2.75, 3.05) is 23.5 Å². The van der Waals surface area contributed by atoms with Crippen molar-refractivity contribution < 1.29 is 37.0 Å². The van der Waals surface area contributed by atoms with Crippen molar-refractivity contribution in [1.29, 1.82) is 5.26 Å². The Labute approximate surface area is 457 Å². The number of benzene rings is 6. The van der Waals surface area contributed by atoms with Gasteiger partial charge in [-0.25, -0.2) is 15.1 Å². The van der Waals surface area contributed by atoms with Gasteiger partial charge in [-0.05, 0) is 101 Å². The summed E-state index contributed by atoms with van der Waals surface area (Å²) in [5.74, 6) is 1.95. The maximum atomic E-state index is 12.4. The van der Waals surface area contributed by atoms with E-state index in [1.165, 1.54) is 60.1 Å². The number of aromatic nitrogens is 9. The lowest BCUT2D eigenvalue weighted by atomic mass is 10.1. The minimum absolute atomic E-state index is 0.113. The fraction of sp³-hybridized carbons (Fsp3) is 0.132. The van der Waals surface area contributed by atoms with Gasteiger partial charge >= 0.3 is 6.36 Å². The fourth-order valence-corrected chi connectivity index (χ4v) is 8.97. The number of amides is 3. The van der Waals surface area contributed by atoms with Crippen LogP contribution >= 0.6 is 35.3 Å². The number of thioether (sulfide) groups is 3. The molecule has 0 bridgehead atoms. The molecule has 0 unspecified atom stereocenters. The zero-order chi connectivity index (χ0) is 55.1. The van der Waals surface area contributed by atoms with E-state index >= 15 is 0 Å². The summed E-state index contributed by atoms with van der Waals surface area (Å²) in [4.78, 5) is 49.3. The zero-order valence-corrected chi connectivity index (χ0v) is 43.6. The van der Waals surface area contributed by atoms with E-state index in [0.717, 1.165) is 50.9 Å². The topological polar surface area (TPSA) is 280 Å². The van der Waals surface area contributed by atoms with E-state index in [1.54, 1.807) is 49.6 Å². The van der Waals surface area contributed by atoms with E-state index in [4.69, 9.17) is 15.7 Å². The number of nitrogen functional groups attached to an aromatic ring is 1. The van der Waals surface area contributed by atoms with Gasteiger partial charge in [0.1, 0.15) is 24.2 Å². The number of carbonyl (C=O) groups excluding carboxylic acids is 3. The number of carbonyl (C=O) groups is 3. The number of anilines is 3. The molecule has 3 amide bonds. The molecule has 0 spiro atoms. The minimum atomic E-state index is -4.76. The molecule has 0 saturated carbocycles. The maximum Gasteiger partial charge on any atom is 0.573 e. The molecule has 8 N–H and O–H groups in total. The van der Waals surface area contributed by atoms with Crippen molar-refractivity contribution in [3.63, 3.8) is 0 Å². The van der Waals surface area contributed by atoms with Crippen molar-refractivity contribution in [2.45, 2.75) is 52.1 Å². The van der Waals surface area contributed by atoms with Gasteiger partial charge in [0.15, 0.2) is 10.3 Å². The number of alkyl halides is 3. The Balaban J connectivity index is 0.000000170. The van der Waals surface area contributed by atoms with Crippen LogP contribution in [-0.2, 0) is 30.2 Å². The molecule has 0 atom stereocenters. The highest BCUT2D eigenvalue weighted by Crippen LogP contribution is 2.26. The molecule has 9 rings (SSSR count). The normalized spacial score (nSPS) is 10.7. The highest BCUT2D eigenvalue weighted by molar-refractivity contribution is 7.98. The molecule has 0 aliphatic rings. The van der Waals surface area contributed by atoms with E-state index in [2.05, 4.69) is 72.3 Å². The van der Waals surface area contributed by atoms with Crippen molar-refractivity contribution in [2.24, 2.45) is 0 Å². The van der Waals surface area contributed by atoms with Gasteiger partial charge in [-0.15, -0.1) is 18.3 Å². The predicted octanol–water partition coefficient (Wildman–Crippen LogP) is 10.3. The highest BCUT2D eigenvalue weighted by Gasteiger charge is 2.31. The number of nitrogens with two attached hydrogens (primary N) is 1. The van der Waals surface area contributed by atoms with Gasteiger partial charge in [-0.2, -0.15) is 20.4 Å². The lowest BCUT2D eigenvalue weighted by Gasteiger charge is -2.10. The number of H-pyrrole nitrogens is 3. The molecule has 0 fully saturated rings. The monoisotopic (exact) mass is 1110 g/mol. The summed E-state index contributed by atoms with van der Waals surface area (Å²) < 4.78 is 45.6. The quantitative estimate of drug-likeness (QED) is 0.0371. The van der Waals surface area contributed by atoms with Crippen molar-refractivity contribution in [3.8, 4) is 17.6 Å². The molecular formula is C53H47F3N14O5S3. The molecule has 0 saturated heterocycles. The summed E-state index contributed by atoms with van der Waals surface area (Å²) in [7, 11) is 1.62. The molecule has 78 heavy (non-hydrogen) atoms. The standard InChI is InChI=1S/C18H16N6OS.C18H18N4O2S.C17H13F3N4O2S/c19-9-8-12-4-6-15(7-5-12)21-16(25)14-3-1-2-13(10-14)11-26-18-22-17(20)23-24-18;1-24-16-8-3-2-6-15(16)10-19-17(23)14-7-4-5-13(9-14)11-25-18-20-12-21-22-18;18-17(19,20)26-14-6-4-13(5-7-14)23-15(25)12-3-1-2-11(8-12)9-27-16-21-10-22-24-16/h1-7,10H,8,11H2,(H,21,25)(H3,20,22,23,24);2-9,12H,10-11H2,1H3,(H,19,23)(H,20,21,22);1-8,10H,9H2,(H,23,25)(H,21,22,24). The van der Waals surface area contributed by atoms with E-state index in [1.807, 2.05) is 78.9 Å². The summed E-state index contributed by atoms with van der Waals surface area (Å²) >= 11 is 4.42. The van der Waals surface area contributed by atoms with Crippen molar-refractivity contribution >= 4 is 70.3 Å². The summed E-state index contributed by atoms with van der Waals surface area (Å²) in [5, 5.41) is 38.8. The Morgan fingerprint density at radius 3 is 1.63 bits per heavy atom. The number of hydrogen-bond donors (Lipinski definition) is 7. The van der Waals surface area contributed by atoms with Gasteiger partial charge in [0.25, 0.3) is 17.7 Å². The average molecular weight is 1110 g/mol. The van der Waals surface area contributed by atoms with Crippen LogP contribution in [0.15, 0.2) is 174 Å². The number of para-hydroxylation sites is 1. The summed E-state index contributed by atoms with van der Waals surface area (Å²) in [5.41, 5.74) is 13.0. The third-order valence-corrected chi connectivity index (χ3v) is 13.2. The number of rotatable bonds is 19. The molecular weight excluding hydrogens is 1070 g/mol. The van der Waals surface area contributed by atoms with Crippen LogP contribution in [0.4, 0.5) is 30.5 Å². The first kappa shape index (κ1) is 56.6. The smallest absolute Gasteiger partial charge is 0.496 e. The summed E-state index contributed by atoms with van der Waals surface area (Å²) in [6.07, 6.45) is -1.51. The second-order valence-electron chi connectivity index (χ2n) is 16.1. The van der Waals surface area contributed by atoms with Crippen molar-refractivity contribution in [1.82, 2.24) is 50.9 Å². The molecule has 0 aliphatic heterocycles. The van der Waals surface area contributed by atoms with Gasteiger partial charge in [0.05, 0.1) is 19.6 Å². The fourth-order valence-electron chi connectivity index (χ4n) is 6.78. The van der Waals surface area contributed by atoms with Crippen molar-refractivity contribution in [3.05, 3.63) is 203 Å². The number of ether oxygens (including phenoxy) is 2. The second kappa shape index (κ2) is 28.7. The SMILES string of the molecule is COc1ccccc1CNC(=O)c1cccc(CSc2ncn[nH]2)c1.N#CCc1ccc(NC(=O)c2cccc(CSc3n[nH]c(N)n3)c2)cc1.O=C(Nc1ccc(OC(F)(F)F)cc1)c1cccc(CSc2ncn[nH]2)c1. The second-order valence-corrected chi connectivity index (χ2v) is 18.9. The largest absolute Gasteiger partial charge is 0.573 e. The zero-order valence-electron chi connectivity index (χ0n) is 41.2. The van der Waals surface area contributed by atoms with Crippen LogP contribution in [-0.4, -0.2) is 76.7 Å².